The van der Waals surface area contributed by atoms with Crippen molar-refractivity contribution in [2.24, 2.45) is 0 Å². The Morgan fingerprint density at radius 3 is 2.72 bits per heavy atom. The molecule has 3 atom stereocenters. The minimum absolute atomic E-state index is 0.128. The highest BCUT2D eigenvalue weighted by molar-refractivity contribution is 5.77. The zero-order valence-electron chi connectivity index (χ0n) is 9.74. The number of rotatable bonds is 1. The number of piperidine rings is 1. The lowest BCUT2D eigenvalue weighted by molar-refractivity contribution is -0.277. The first-order valence-corrected chi connectivity index (χ1v) is 5.62. The monoisotopic (exact) mass is 269 g/mol. The molecule has 0 unspecified atom stereocenters. The first-order valence-electron chi connectivity index (χ1n) is 5.62. The lowest BCUT2D eigenvalue weighted by atomic mass is 9.84. The molecule has 0 spiro atoms. The van der Waals surface area contributed by atoms with Crippen molar-refractivity contribution < 1.29 is 32.6 Å². The topological polar surface area (TPSA) is 59.0 Å². The molecular weight excluding hydrogens is 255 g/mol. The van der Waals surface area contributed by atoms with Gasteiger partial charge in [0.2, 0.25) is 11.7 Å². The van der Waals surface area contributed by atoms with Gasteiger partial charge in [-0.05, 0) is 12.8 Å². The Labute approximate surface area is 101 Å². The van der Waals surface area contributed by atoms with Gasteiger partial charge in [0.1, 0.15) is 0 Å². The minimum Gasteiger partial charge on any atom is -0.467 e. The number of fused-ring (bicyclic) bond motifs is 1. The number of halogens is 3. The second kappa shape index (κ2) is 4.36. The predicted octanol–water partition coefficient (Wildman–Crippen LogP) is 0.621. The average Bonchev–Trinajstić information content (AvgIpc) is 2.63. The van der Waals surface area contributed by atoms with Gasteiger partial charge in [0.05, 0.1) is 13.2 Å². The Morgan fingerprint density at radius 1 is 1.50 bits per heavy atom. The molecule has 0 bridgehead atoms. The van der Waals surface area contributed by atoms with Gasteiger partial charge in [-0.3, -0.25) is 4.84 Å². The molecule has 0 saturated carbocycles. The van der Waals surface area contributed by atoms with Crippen LogP contribution < -0.4 is 0 Å². The molecule has 0 aliphatic carbocycles. The second-order valence-electron chi connectivity index (χ2n) is 4.48. The van der Waals surface area contributed by atoms with E-state index in [-0.39, 0.29) is 13.0 Å². The SMILES string of the molecule is COC(=O)[C@H]1ON2CCCC[C@H]2[C@@]1(O)C(F)(F)F. The van der Waals surface area contributed by atoms with E-state index in [1.54, 1.807) is 0 Å². The predicted molar refractivity (Wildman–Crippen MR) is 52.2 cm³/mol. The fourth-order valence-corrected chi connectivity index (χ4v) is 2.53. The molecule has 5 nitrogen and oxygen atoms in total. The van der Waals surface area contributed by atoms with E-state index in [0.29, 0.717) is 12.8 Å². The second-order valence-corrected chi connectivity index (χ2v) is 4.48. The molecule has 18 heavy (non-hydrogen) atoms. The number of ether oxygens (including phenoxy) is 1. The van der Waals surface area contributed by atoms with E-state index < -0.39 is 29.9 Å². The van der Waals surface area contributed by atoms with Crippen LogP contribution in [0.5, 0.6) is 0 Å². The largest absolute Gasteiger partial charge is 0.467 e. The van der Waals surface area contributed by atoms with Gasteiger partial charge in [-0.15, -0.1) is 0 Å². The highest BCUT2D eigenvalue weighted by Crippen LogP contribution is 2.47. The Bertz CT molecular complexity index is 349. The van der Waals surface area contributed by atoms with Crippen LogP contribution in [0.25, 0.3) is 0 Å². The summed E-state index contributed by atoms with van der Waals surface area (Å²) in [5, 5.41) is 11.0. The van der Waals surface area contributed by atoms with Crippen LogP contribution in [0.1, 0.15) is 19.3 Å². The van der Waals surface area contributed by atoms with Gasteiger partial charge in [-0.1, -0.05) is 6.42 Å². The molecule has 2 heterocycles. The lowest BCUT2D eigenvalue weighted by Gasteiger charge is -2.36. The van der Waals surface area contributed by atoms with Crippen LogP contribution in [0.15, 0.2) is 0 Å². The number of carbonyl (C=O) groups is 1. The third-order valence-corrected chi connectivity index (χ3v) is 3.47. The van der Waals surface area contributed by atoms with Crippen molar-refractivity contribution >= 4 is 5.97 Å². The number of esters is 1. The summed E-state index contributed by atoms with van der Waals surface area (Å²) in [6, 6.07) is -1.25. The van der Waals surface area contributed by atoms with Crippen molar-refractivity contribution in [1.29, 1.82) is 0 Å². The number of hydrogen-bond donors (Lipinski definition) is 1. The standard InChI is InChI=1S/C10H14F3NO4/c1-17-8(15)7-9(16,10(11,12)13)6-4-2-3-5-14(6)18-7/h6-7,16H,2-5H2,1H3/t6-,7+,9-/m0/s1. The van der Waals surface area contributed by atoms with Crippen molar-refractivity contribution in [2.45, 2.75) is 43.2 Å². The van der Waals surface area contributed by atoms with Crippen LogP contribution in [-0.4, -0.2) is 53.7 Å². The van der Waals surface area contributed by atoms with Gasteiger partial charge in [0.25, 0.3) is 0 Å². The van der Waals surface area contributed by atoms with Crippen LogP contribution >= 0.6 is 0 Å². The summed E-state index contributed by atoms with van der Waals surface area (Å²) in [7, 11) is 0.958. The molecule has 1 N–H and O–H groups in total. The van der Waals surface area contributed by atoms with Crippen LogP contribution in [0.3, 0.4) is 0 Å². The fourth-order valence-electron chi connectivity index (χ4n) is 2.53. The molecule has 0 aromatic heterocycles. The van der Waals surface area contributed by atoms with Crippen molar-refractivity contribution in [3.05, 3.63) is 0 Å². The van der Waals surface area contributed by atoms with Crippen molar-refractivity contribution in [3.63, 3.8) is 0 Å². The summed E-state index contributed by atoms with van der Waals surface area (Å²) in [6.07, 6.45) is -5.66. The fraction of sp³-hybridized carbons (Fsp3) is 0.900. The Morgan fingerprint density at radius 2 is 2.17 bits per heavy atom. The molecule has 0 radical (unpaired) electrons. The van der Waals surface area contributed by atoms with Gasteiger partial charge in [0, 0.05) is 6.54 Å². The maximum absolute atomic E-state index is 13.1. The molecule has 0 aromatic carbocycles. The molecule has 0 amide bonds. The van der Waals surface area contributed by atoms with E-state index in [0.717, 1.165) is 12.2 Å². The summed E-state index contributed by atoms with van der Waals surface area (Å²) in [5.74, 6) is -1.22. The Kier molecular flexibility index (Phi) is 3.28. The minimum atomic E-state index is -4.96. The zero-order valence-corrected chi connectivity index (χ0v) is 9.74. The molecule has 2 fully saturated rings. The summed E-state index contributed by atoms with van der Waals surface area (Å²) in [5.41, 5.74) is -3.21. The summed E-state index contributed by atoms with van der Waals surface area (Å²) < 4.78 is 43.6. The van der Waals surface area contributed by atoms with E-state index in [1.165, 1.54) is 0 Å². The van der Waals surface area contributed by atoms with Gasteiger partial charge in [-0.25, -0.2) is 4.79 Å². The van der Waals surface area contributed by atoms with Crippen LogP contribution in [0, 0.1) is 0 Å². The van der Waals surface area contributed by atoms with E-state index in [1.807, 2.05) is 0 Å². The number of hydrogen-bond acceptors (Lipinski definition) is 5. The van der Waals surface area contributed by atoms with Crippen LogP contribution in [0.4, 0.5) is 13.2 Å². The quantitative estimate of drug-likeness (QED) is 0.707. The van der Waals surface area contributed by atoms with Gasteiger partial charge < -0.3 is 9.84 Å². The van der Waals surface area contributed by atoms with Crippen LogP contribution in [-0.2, 0) is 14.4 Å². The average molecular weight is 269 g/mol. The molecule has 104 valence electrons. The van der Waals surface area contributed by atoms with Crippen LogP contribution in [0.2, 0.25) is 0 Å². The maximum atomic E-state index is 13.1. The highest BCUT2D eigenvalue weighted by atomic mass is 19.4. The summed E-state index contributed by atoms with van der Waals surface area (Å²) >= 11 is 0. The van der Waals surface area contributed by atoms with E-state index in [4.69, 9.17) is 4.84 Å². The summed E-state index contributed by atoms with van der Waals surface area (Å²) in [6.45, 7) is 0.260. The molecular formula is C10H14F3NO4. The smallest absolute Gasteiger partial charge is 0.422 e. The van der Waals surface area contributed by atoms with Crippen molar-refractivity contribution in [3.8, 4) is 0 Å². The Hall–Kier alpha value is -0.860. The number of methoxy groups -OCH3 is 1. The molecule has 2 aliphatic rings. The number of nitrogens with zero attached hydrogens (tertiary/aromatic N) is 1. The molecule has 8 heteroatoms. The number of hydroxylamine groups is 2. The summed E-state index contributed by atoms with van der Waals surface area (Å²) in [4.78, 5) is 16.3. The van der Waals surface area contributed by atoms with Gasteiger partial charge >= 0.3 is 12.1 Å². The van der Waals surface area contributed by atoms with E-state index in [9.17, 15) is 23.1 Å². The number of aliphatic hydroxyl groups is 1. The molecule has 2 aliphatic heterocycles. The van der Waals surface area contributed by atoms with E-state index in [2.05, 4.69) is 4.74 Å². The number of alkyl halides is 3. The highest BCUT2D eigenvalue weighted by Gasteiger charge is 2.72. The molecule has 2 rings (SSSR count). The normalized spacial score (nSPS) is 37.4. The number of carbonyl (C=O) groups excluding carboxylic acids is 1. The third-order valence-electron chi connectivity index (χ3n) is 3.47. The zero-order chi connectivity index (χ0) is 13.6. The van der Waals surface area contributed by atoms with E-state index >= 15 is 0 Å². The molecule has 0 aromatic rings. The first kappa shape index (κ1) is 13.6. The first-order chi connectivity index (χ1) is 8.32. The van der Waals surface area contributed by atoms with Gasteiger partial charge in [0.15, 0.2) is 0 Å². The van der Waals surface area contributed by atoms with Gasteiger partial charge in [-0.2, -0.15) is 18.2 Å². The third kappa shape index (κ3) is 1.79. The molecule has 2 saturated heterocycles. The van der Waals surface area contributed by atoms with Crippen molar-refractivity contribution in [1.82, 2.24) is 5.06 Å². The maximum Gasteiger partial charge on any atom is 0.422 e. The Balaban J connectivity index is 2.38. The van der Waals surface area contributed by atoms with Crippen molar-refractivity contribution in [2.75, 3.05) is 13.7 Å². The lowest BCUT2D eigenvalue weighted by Crippen LogP contribution is -2.62.